The molecule has 2 spiro atoms. The Hall–Kier alpha value is -2.47. The first-order valence-electron chi connectivity index (χ1n) is 12.7. The Morgan fingerprint density at radius 3 is 2.47 bits per heavy atom. The fraction of sp³-hybridized carbons (Fsp3) is 0.571. The number of pyridine rings is 1. The van der Waals surface area contributed by atoms with Crippen LogP contribution < -0.4 is 0 Å². The van der Waals surface area contributed by atoms with E-state index in [1.165, 1.54) is 12.1 Å². The van der Waals surface area contributed by atoms with E-state index in [0.29, 0.717) is 38.0 Å². The van der Waals surface area contributed by atoms with Crippen molar-refractivity contribution in [2.75, 3.05) is 13.2 Å². The summed E-state index contributed by atoms with van der Waals surface area (Å²) in [6.45, 7) is 5.11. The van der Waals surface area contributed by atoms with Crippen LogP contribution >= 0.6 is 0 Å². The number of hydrogen-bond acceptors (Lipinski definition) is 5. The zero-order valence-corrected chi connectivity index (χ0v) is 20.4. The molecule has 1 aromatic heterocycles. The van der Waals surface area contributed by atoms with Crippen molar-refractivity contribution in [1.29, 1.82) is 5.26 Å². The van der Waals surface area contributed by atoms with Crippen molar-refractivity contribution in [3.05, 3.63) is 63.0 Å². The van der Waals surface area contributed by atoms with Crippen molar-refractivity contribution in [3.63, 3.8) is 0 Å². The number of aromatic nitrogens is 1. The summed E-state index contributed by atoms with van der Waals surface area (Å²) in [6, 6.07) is 5.40. The first kappa shape index (κ1) is 23.9. The summed E-state index contributed by atoms with van der Waals surface area (Å²) < 4.78 is 53.0. The van der Waals surface area contributed by atoms with Gasteiger partial charge in [-0.2, -0.15) is 18.4 Å². The van der Waals surface area contributed by atoms with E-state index in [4.69, 9.17) is 14.5 Å². The Bertz CT molecular complexity index is 1270. The van der Waals surface area contributed by atoms with Crippen LogP contribution in [0.4, 0.5) is 13.2 Å². The van der Waals surface area contributed by atoms with Crippen molar-refractivity contribution in [1.82, 2.24) is 4.98 Å². The number of aliphatic hydroxyl groups is 1. The van der Waals surface area contributed by atoms with Crippen molar-refractivity contribution in [2.24, 2.45) is 5.41 Å². The molecule has 0 radical (unpaired) electrons. The molecule has 2 aromatic rings. The molecule has 2 fully saturated rings. The Labute approximate surface area is 208 Å². The number of nitrogens with zero attached hydrogens (tertiary/aromatic N) is 2. The molecule has 3 heterocycles. The van der Waals surface area contributed by atoms with E-state index in [1.807, 2.05) is 0 Å². The molecule has 2 atom stereocenters. The van der Waals surface area contributed by atoms with E-state index in [2.05, 4.69) is 13.8 Å². The van der Waals surface area contributed by atoms with Gasteiger partial charge in [-0.15, -0.1) is 0 Å². The zero-order valence-electron chi connectivity index (χ0n) is 20.4. The Morgan fingerprint density at radius 2 is 1.86 bits per heavy atom. The molecule has 36 heavy (non-hydrogen) atoms. The monoisotopic (exact) mass is 498 g/mol. The minimum absolute atomic E-state index is 0.0456. The van der Waals surface area contributed by atoms with Gasteiger partial charge in [0.05, 0.1) is 28.9 Å². The second-order valence-corrected chi connectivity index (χ2v) is 11.2. The molecular formula is C28H29F3N2O3. The Morgan fingerprint density at radius 1 is 1.14 bits per heavy atom. The van der Waals surface area contributed by atoms with Crippen molar-refractivity contribution in [2.45, 2.75) is 82.3 Å². The van der Waals surface area contributed by atoms with Crippen molar-refractivity contribution in [3.8, 4) is 6.07 Å². The van der Waals surface area contributed by atoms with E-state index in [1.54, 1.807) is 6.07 Å². The summed E-state index contributed by atoms with van der Waals surface area (Å²) in [5.74, 6) is 0.0456. The average molecular weight is 499 g/mol. The quantitative estimate of drug-likeness (QED) is 0.551. The van der Waals surface area contributed by atoms with Crippen LogP contribution in [0.5, 0.6) is 0 Å². The molecule has 5 nitrogen and oxygen atoms in total. The van der Waals surface area contributed by atoms with Gasteiger partial charge in [-0.3, -0.25) is 4.98 Å². The first-order chi connectivity index (χ1) is 17.1. The number of rotatable bonds is 2. The first-order valence-corrected chi connectivity index (χ1v) is 12.7. The third kappa shape index (κ3) is 3.59. The molecule has 4 aliphatic rings. The van der Waals surface area contributed by atoms with E-state index < -0.39 is 35.1 Å². The number of fused-ring (bicyclic) bond motifs is 4. The fourth-order valence-electron chi connectivity index (χ4n) is 6.58. The number of ether oxygens (including phenoxy) is 2. The van der Waals surface area contributed by atoms with E-state index in [-0.39, 0.29) is 11.3 Å². The number of aliphatic hydroxyl groups excluding tert-OH is 1. The molecule has 0 bridgehead atoms. The highest BCUT2D eigenvalue weighted by molar-refractivity contribution is 5.56. The molecule has 1 unspecified atom stereocenters. The number of halogens is 3. The van der Waals surface area contributed by atoms with Gasteiger partial charge in [-0.1, -0.05) is 19.9 Å². The Balaban J connectivity index is 1.58. The van der Waals surface area contributed by atoms with Gasteiger partial charge in [0.25, 0.3) is 0 Å². The normalized spacial score (nSPS) is 25.6. The van der Waals surface area contributed by atoms with Gasteiger partial charge in [0, 0.05) is 48.6 Å². The second-order valence-electron chi connectivity index (χ2n) is 11.2. The fourth-order valence-corrected chi connectivity index (χ4v) is 6.58. The van der Waals surface area contributed by atoms with E-state index in [9.17, 15) is 23.5 Å². The van der Waals surface area contributed by atoms with Crippen LogP contribution in [0, 0.1) is 16.7 Å². The maximum absolute atomic E-state index is 13.5. The molecule has 2 aliphatic carbocycles. The lowest BCUT2D eigenvalue weighted by molar-refractivity contribution is -0.138. The van der Waals surface area contributed by atoms with Crippen LogP contribution in [0.25, 0.3) is 0 Å². The van der Waals surface area contributed by atoms with Gasteiger partial charge in [0.1, 0.15) is 6.10 Å². The summed E-state index contributed by atoms with van der Waals surface area (Å²) in [7, 11) is 0. The molecule has 8 heteroatoms. The maximum Gasteiger partial charge on any atom is 0.417 e. The minimum Gasteiger partial charge on any atom is -0.388 e. The van der Waals surface area contributed by atoms with E-state index >= 15 is 0 Å². The molecule has 190 valence electrons. The Kier molecular flexibility index (Phi) is 5.32. The standard InChI is InChI=1S/C28H29F3N2O3/c1-15(2)24-22-23(21-19(33-24)12-26(5-6-26)13-20(21)34)27(7-9-35-10-8-27)36-25(22)16-3-4-18(28(29,30)31)17(11-16)14-32/h3-4,11,15,20,25,34H,5-10,12-13H2,1-2H3/t20?,25-/m0/s1. The number of alkyl halides is 3. The van der Waals surface area contributed by atoms with Crippen LogP contribution in [-0.4, -0.2) is 23.3 Å². The molecular weight excluding hydrogens is 469 g/mol. The van der Waals surface area contributed by atoms with Crippen LogP contribution in [0.15, 0.2) is 18.2 Å². The summed E-state index contributed by atoms with van der Waals surface area (Å²) in [5, 5.41) is 20.9. The van der Waals surface area contributed by atoms with Crippen molar-refractivity contribution < 1.29 is 27.8 Å². The van der Waals surface area contributed by atoms with Gasteiger partial charge in [-0.25, -0.2) is 0 Å². The lowest BCUT2D eigenvalue weighted by atomic mass is 9.73. The third-order valence-corrected chi connectivity index (χ3v) is 8.52. The van der Waals surface area contributed by atoms with Gasteiger partial charge in [0.15, 0.2) is 0 Å². The van der Waals surface area contributed by atoms with Gasteiger partial charge in [0.2, 0.25) is 0 Å². The SMILES string of the molecule is CC(C)c1nc2c(c3c1[C@H](c1ccc(C(F)(F)F)c(C#N)c1)OC31CCOCC1)C(O)CC1(CC1)C2. The largest absolute Gasteiger partial charge is 0.417 e. The maximum atomic E-state index is 13.5. The van der Waals surface area contributed by atoms with Gasteiger partial charge in [-0.05, 0) is 60.3 Å². The van der Waals surface area contributed by atoms with E-state index in [0.717, 1.165) is 53.4 Å². The summed E-state index contributed by atoms with van der Waals surface area (Å²) in [5.41, 5.74) is 3.01. The molecule has 1 saturated carbocycles. The molecule has 2 aliphatic heterocycles. The predicted molar refractivity (Wildman–Crippen MR) is 124 cm³/mol. The van der Waals surface area contributed by atoms with Gasteiger partial charge >= 0.3 is 6.18 Å². The van der Waals surface area contributed by atoms with Crippen molar-refractivity contribution >= 4 is 0 Å². The zero-order chi connectivity index (χ0) is 25.5. The van der Waals surface area contributed by atoms with Crippen LogP contribution in [-0.2, 0) is 27.7 Å². The van der Waals surface area contributed by atoms with Crippen LogP contribution in [0.1, 0.15) is 109 Å². The highest BCUT2D eigenvalue weighted by atomic mass is 19.4. The lowest BCUT2D eigenvalue weighted by Gasteiger charge is -2.38. The lowest BCUT2D eigenvalue weighted by Crippen LogP contribution is -2.36. The molecule has 6 rings (SSSR count). The summed E-state index contributed by atoms with van der Waals surface area (Å²) >= 11 is 0. The topological polar surface area (TPSA) is 75.4 Å². The highest BCUT2D eigenvalue weighted by Gasteiger charge is 2.55. The minimum atomic E-state index is -4.62. The number of nitriles is 1. The summed E-state index contributed by atoms with van der Waals surface area (Å²) in [6.07, 6.45) is -1.03. The smallest absolute Gasteiger partial charge is 0.388 e. The predicted octanol–water partition coefficient (Wildman–Crippen LogP) is 5.98. The molecule has 0 amide bonds. The van der Waals surface area contributed by atoms with Gasteiger partial charge < -0.3 is 14.6 Å². The molecule has 1 N–H and O–H groups in total. The molecule has 1 aromatic carbocycles. The average Bonchev–Trinajstić information content (AvgIpc) is 3.50. The van der Waals surface area contributed by atoms with Crippen LogP contribution in [0.3, 0.4) is 0 Å². The number of benzene rings is 1. The summed E-state index contributed by atoms with van der Waals surface area (Å²) in [4.78, 5) is 5.11. The number of hydrogen-bond donors (Lipinski definition) is 1. The second kappa shape index (κ2) is 8.01. The highest BCUT2D eigenvalue weighted by Crippen LogP contribution is 2.62. The van der Waals surface area contributed by atoms with Crippen LogP contribution in [0.2, 0.25) is 0 Å². The molecule has 1 saturated heterocycles. The third-order valence-electron chi connectivity index (χ3n) is 8.52.